The van der Waals surface area contributed by atoms with Crippen LogP contribution in [0.3, 0.4) is 0 Å². The minimum atomic E-state index is -1.16. The van der Waals surface area contributed by atoms with Crippen LogP contribution in [0.1, 0.15) is 32.6 Å². The van der Waals surface area contributed by atoms with E-state index in [-0.39, 0.29) is 12.3 Å². The smallest absolute Gasteiger partial charge is 0.326 e. The molecule has 0 fully saturated rings. The van der Waals surface area contributed by atoms with Gasteiger partial charge in [-0.2, -0.15) is 0 Å². The average Bonchev–Trinajstić information content (AvgIpc) is 2.30. The summed E-state index contributed by atoms with van der Waals surface area (Å²) in [4.78, 5) is 22.5. The molecule has 8 heteroatoms. The highest BCUT2D eigenvalue weighted by molar-refractivity contribution is 5.87. The maximum Gasteiger partial charge on any atom is 0.326 e. The van der Waals surface area contributed by atoms with Gasteiger partial charge in [-0.3, -0.25) is 10.2 Å². The van der Waals surface area contributed by atoms with Gasteiger partial charge in [-0.25, -0.2) is 4.79 Å². The second-order valence-electron chi connectivity index (χ2n) is 4.44. The molecule has 0 rings (SSSR count). The number of carboxylic acids is 1. The van der Waals surface area contributed by atoms with E-state index < -0.39 is 30.1 Å². The first-order chi connectivity index (χ1) is 8.75. The number of hydrogen-bond acceptors (Lipinski definition) is 5. The third-order valence-electron chi connectivity index (χ3n) is 2.63. The SMILES string of the molecule is C[C@@H](O)[C@H](N)C(=O)N[C@@H](CCCCC(=N)N)C(=O)O. The molecule has 0 aliphatic rings. The lowest BCUT2D eigenvalue weighted by atomic mass is 10.1. The van der Waals surface area contributed by atoms with E-state index >= 15 is 0 Å². The molecule has 0 heterocycles. The fourth-order valence-electron chi connectivity index (χ4n) is 1.41. The number of aliphatic hydroxyl groups is 1. The molecule has 0 aromatic heterocycles. The summed E-state index contributed by atoms with van der Waals surface area (Å²) in [6, 6.07) is -2.21. The Bertz CT molecular complexity index is 333. The number of nitrogens with one attached hydrogen (secondary N) is 2. The molecular formula is C11H22N4O4. The van der Waals surface area contributed by atoms with Gasteiger partial charge in [0.1, 0.15) is 12.1 Å². The number of carbonyl (C=O) groups excluding carboxylic acids is 1. The maximum atomic E-state index is 11.5. The van der Waals surface area contributed by atoms with Gasteiger partial charge in [-0.1, -0.05) is 6.42 Å². The van der Waals surface area contributed by atoms with E-state index in [1.165, 1.54) is 6.92 Å². The Labute approximate surface area is 111 Å². The molecule has 0 aliphatic heterocycles. The highest BCUT2D eigenvalue weighted by Gasteiger charge is 2.25. The van der Waals surface area contributed by atoms with Crippen molar-refractivity contribution in [2.45, 2.75) is 50.8 Å². The number of aliphatic hydroxyl groups excluding tert-OH is 1. The lowest BCUT2D eigenvalue weighted by Crippen LogP contribution is -2.52. The highest BCUT2D eigenvalue weighted by atomic mass is 16.4. The summed E-state index contributed by atoms with van der Waals surface area (Å²) >= 11 is 0. The first kappa shape index (κ1) is 17.3. The number of unbranched alkanes of at least 4 members (excludes halogenated alkanes) is 1. The molecule has 0 aromatic carbocycles. The second-order valence-corrected chi connectivity index (χ2v) is 4.44. The van der Waals surface area contributed by atoms with Crippen LogP contribution in [-0.2, 0) is 9.59 Å². The van der Waals surface area contributed by atoms with Gasteiger partial charge in [0.05, 0.1) is 11.9 Å². The van der Waals surface area contributed by atoms with Crippen LogP contribution < -0.4 is 16.8 Å². The van der Waals surface area contributed by atoms with Gasteiger partial charge in [-0.15, -0.1) is 0 Å². The molecule has 1 amide bonds. The Morgan fingerprint density at radius 3 is 2.37 bits per heavy atom. The fourth-order valence-corrected chi connectivity index (χ4v) is 1.41. The van der Waals surface area contributed by atoms with E-state index in [9.17, 15) is 9.59 Å². The average molecular weight is 274 g/mol. The minimum absolute atomic E-state index is 0.0482. The number of amides is 1. The van der Waals surface area contributed by atoms with Crippen molar-refractivity contribution in [1.29, 1.82) is 5.41 Å². The Balaban J connectivity index is 4.23. The number of rotatable bonds is 9. The topological polar surface area (TPSA) is 163 Å². The molecule has 19 heavy (non-hydrogen) atoms. The fraction of sp³-hybridized carbons (Fsp3) is 0.727. The zero-order valence-corrected chi connectivity index (χ0v) is 10.9. The largest absolute Gasteiger partial charge is 0.480 e. The number of nitrogens with two attached hydrogens (primary N) is 2. The molecule has 0 unspecified atom stereocenters. The van der Waals surface area contributed by atoms with Gasteiger partial charge in [0.25, 0.3) is 0 Å². The lowest BCUT2D eigenvalue weighted by molar-refractivity contribution is -0.142. The molecular weight excluding hydrogens is 252 g/mol. The molecule has 0 radical (unpaired) electrons. The van der Waals surface area contributed by atoms with Crippen molar-refractivity contribution in [1.82, 2.24) is 5.32 Å². The summed E-state index contributed by atoms with van der Waals surface area (Å²) in [5.74, 6) is -1.81. The summed E-state index contributed by atoms with van der Waals surface area (Å²) in [6.07, 6.45) is 0.666. The molecule has 110 valence electrons. The molecule has 0 saturated heterocycles. The van der Waals surface area contributed by atoms with Gasteiger partial charge in [0.15, 0.2) is 0 Å². The molecule has 0 saturated carbocycles. The van der Waals surface area contributed by atoms with E-state index in [4.69, 9.17) is 27.1 Å². The number of carboxylic acid groups (broad SMARTS) is 1. The quantitative estimate of drug-likeness (QED) is 0.175. The van der Waals surface area contributed by atoms with Crippen LogP contribution in [0.25, 0.3) is 0 Å². The van der Waals surface area contributed by atoms with E-state index in [1.807, 2.05) is 0 Å². The minimum Gasteiger partial charge on any atom is -0.480 e. The van der Waals surface area contributed by atoms with E-state index in [0.29, 0.717) is 19.3 Å². The molecule has 0 aliphatic carbocycles. The summed E-state index contributed by atoms with van der Waals surface area (Å²) in [7, 11) is 0. The zero-order chi connectivity index (χ0) is 15.0. The second kappa shape index (κ2) is 8.44. The first-order valence-corrected chi connectivity index (χ1v) is 6.05. The summed E-state index contributed by atoms with van der Waals surface area (Å²) < 4.78 is 0. The van der Waals surface area contributed by atoms with E-state index in [2.05, 4.69) is 5.32 Å². The molecule has 0 bridgehead atoms. The predicted molar refractivity (Wildman–Crippen MR) is 69.6 cm³/mol. The maximum absolute atomic E-state index is 11.5. The van der Waals surface area contributed by atoms with E-state index in [1.54, 1.807) is 0 Å². The molecule has 0 aromatic rings. The van der Waals surface area contributed by atoms with Crippen LogP contribution in [0.4, 0.5) is 0 Å². The Morgan fingerprint density at radius 2 is 1.95 bits per heavy atom. The summed E-state index contributed by atoms with van der Waals surface area (Å²) in [5, 5.41) is 27.4. The number of hydrogen-bond donors (Lipinski definition) is 6. The zero-order valence-electron chi connectivity index (χ0n) is 10.9. The van der Waals surface area contributed by atoms with Gasteiger partial charge in [-0.05, 0) is 19.8 Å². The monoisotopic (exact) mass is 274 g/mol. The molecule has 0 spiro atoms. The molecule has 3 atom stereocenters. The van der Waals surface area contributed by atoms with Crippen molar-refractivity contribution in [3.8, 4) is 0 Å². The van der Waals surface area contributed by atoms with Crippen LogP contribution >= 0.6 is 0 Å². The van der Waals surface area contributed by atoms with Crippen molar-refractivity contribution in [2.75, 3.05) is 0 Å². The van der Waals surface area contributed by atoms with Crippen LogP contribution in [0.5, 0.6) is 0 Å². The van der Waals surface area contributed by atoms with Gasteiger partial charge in [0, 0.05) is 6.42 Å². The number of aliphatic carboxylic acids is 1. The van der Waals surface area contributed by atoms with Gasteiger partial charge >= 0.3 is 5.97 Å². The number of amidine groups is 1. The Kier molecular flexibility index (Phi) is 7.69. The van der Waals surface area contributed by atoms with Crippen molar-refractivity contribution in [3.05, 3.63) is 0 Å². The van der Waals surface area contributed by atoms with Crippen LogP contribution in [0.15, 0.2) is 0 Å². The van der Waals surface area contributed by atoms with Gasteiger partial charge in [0.2, 0.25) is 5.91 Å². The summed E-state index contributed by atoms with van der Waals surface area (Å²) in [6.45, 7) is 1.35. The van der Waals surface area contributed by atoms with Crippen LogP contribution in [-0.4, -0.2) is 46.1 Å². The molecule has 8 N–H and O–H groups in total. The lowest BCUT2D eigenvalue weighted by Gasteiger charge is -2.19. The number of carbonyl (C=O) groups is 2. The summed E-state index contributed by atoms with van der Waals surface area (Å²) in [5.41, 5.74) is 10.6. The Hall–Kier alpha value is -1.67. The van der Waals surface area contributed by atoms with Crippen LogP contribution in [0.2, 0.25) is 0 Å². The predicted octanol–water partition coefficient (Wildman–Crippen LogP) is -1.24. The van der Waals surface area contributed by atoms with Crippen molar-refractivity contribution in [3.63, 3.8) is 0 Å². The standard InChI is InChI=1S/C11H22N4O4/c1-6(16)9(14)10(17)15-7(11(18)19)4-2-3-5-8(12)13/h6-7,9,16H,2-5,14H2,1H3,(H3,12,13)(H,15,17)(H,18,19)/t6-,7+,9+/m1/s1. The third-order valence-corrected chi connectivity index (χ3v) is 2.63. The first-order valence-electron chi connectivity index (χ1n) is 6.05. The molecule has 8 nitrogen and oxygen atoms in total. The third kappa shape index (κ3) is 7.37. The highest BCUT2D eigenvalue weighted by Crippen LogP contribution is 2.04. The van der Waals surface area contributed by atoms with Crippen molar-refractivity contribution < 1.29 is 19.8 Å². The van der Waals surface area contributed by atoms with Crippen LogP contribution in [0, 0.1) is 5.41 Å². The Morgan fingerprint density at radius 1 is 1.37 bits per heavy atom. The van der Waals surface area contributed by atoms with Gasteiger partial charge < -0.3 is 27.0 Å². The van der Waals surface area contributed by atoms with Crippen molar-refractivity contribution >= 4 is 17.7 Å². The normalized spacial score (nSPS) is 15.3. The van der Waals surface area contributed by atoms with Crippen molar-refractivity contribution in [2.24, 2.45) is 11.5 Å². The van der Waals surface area contributed by atoms with E-state index in [0.717, 1.165) is 0 Å².